The molecule has 0 aliphatic heterocycles. The van der Waals surface area contributed by atoms with Crippen LogP contribution in [-0.2, 0) is 6.54 Å². The van der Waals surface area contributed by atoms with Crippen LogP contribution >= 0.6 is 15.9 Å². The van der Waals surface area contributed by atoms with Gasteiger partial charge in [-0.3, -0.25) is 15.1 Å². The van der Waals surface area contributed by atoms with Crippen LogP contribution in [0.25, 0.3) is 0 Å². The third-order valence-electron chi connectivity index (χ3n) is 2.09. The minimum atomic E-state index is -0.479. The third kappa shape index (κ3) is 2.59. The average Bonchev–Trinajstić information content (AvgIpc) is 2.80. The predicted octanol–water partition coefficient (Wildman–Crippen LogP) is 2.09. The molecule has 2 rings (SSSR count). The summed E-state index contributed by atoms with van der Waals surface area (Å²) < 4.78 is 0.547. The van der Waals surface area contributed by atoms with Crippen molar-refractivity contribution >= 4 is 27.3 Å². The molecule has 0 unspecified atom stereocenters. The van der Waals surface area contributed by atoms with Crippen LogP contribution in [0.1, 0.15) is 5.69 Å². The second-order valence-corrected chi connectivity index (χ2v) is 4.06. The van der Waals surface area contributed by atoms with Crippen LogP contribution in [0.5, 0.6) is 0 Å². The molecule has 2 aromatic rings. The molecule has 0 fully saturated rings. The van der Waals surface area contributed by atoms with Crippen molar-refractivity contribution < 1.29 is 4.92 Å². The number of anilines is 1. The van der Waals surface area contributed by atoms with Gasteiger partial charge in [0.05, 0.1) is 28.0 Å². The van der Waals surface area contributed by atoms with E-state index >= 15 is 0 Å². The molecule has 17 heavy (non-hydrogen) atoms. The number of hydrogen-bond donors (Lipinski definition) is 2. The number of H-pyrrole nitrogens is 1. The zero-order chi connectivity index (χ0) is 12.3. The van der Waals surface area contributed by atoms with Gasteiger partial charge in [0.1, 0.15) is 11.9 Å². The van der Waals surface area contributed by atoms with E-state index in [1.165, 1.54) is 12.4 Å². The van der Waals surface area contributed by atoms with Gasteiger partial charge in [-0.05, 0) is 15.9 Å². The van der Waals surface area contributed by atoms with Crippen LogP contribution < -0.4 is 5.32 Å². The minimum absolute atomic E-state index is 0.0705. The molecule has 2 aromatic heterocycles. The topological polar surface area (TPSA) is 96.7 Å². The van der Waals surface area contributed by atoms with Gasteiger partial charge in [-0.15, -0.1) is 0 Å². The molecule has 7 nitrogen and oxygen atoms in total. The lowest BCUT2D eigenvalue weighted by atomic mass is 10.3. The summed E-state index contributed by atoms with van der Waals surface area (Å²) in [6.45, 7) is 0.420. The SMILES string of the molecule is O=[N+]([O-])c1cncc(Br)c1NCc1cnc[nH]1. The monoisotopic (exact) mass is 297 g/mol. The lowest BCUT2D eigenvalue weighted by Gasteiger charge is -2.07. The summed E-state index contributed by atoms with van der Waals surface area (Å²) in [5, 5.41) is 13.8. The first-order chi connectivity index (χ1) is 8.18. The number of pyridine rings is 1. The molecule has 0 spiro atoms. The van der Waals surface area contributed by atoms with E-state index in [0.717, 1.165) is 5.69 Å². The van der Waals surface area contributed by atoms with E-state index < -0.39 is 4.92 Å². The molecule has 2 N–H and O–H groups in total. The van der Waals surface area contributed by atoms with E-state index in [1.54, 1.807) is 12.5 Å². The van der Waals surface area contributed by atoms with E-state index in [-0.39, 0.29) is 5.69 Å². The molecule has 2 heterocycles. The Morgan fingerprint density at radius 2 is 2.24 bits per heavy atom. The summed E-state index contributed by atoms with van der Waals surface area (Å²) in [6, 6.07) is 0. The van der Waals surface area contributed by atoms with Crippen molar-refractivity contribution in [3.05, 3.63) is 45.2 Å². The Hall–Kier alpha value is -1.96. The standard InChI is InChI=1S/C9H8BrN5O2/c10-7-3-11-4-8(15(16)17)9(7)13-2-6-1-12-5-14-6/h1,3-5H,2H2,(H,11,13)(H,12,14). The normalized spacial score (nSPS) is 10.2. The zero-order valence-corrected chi connectivity index (χ0v) is 10.1. The fourth-order valence-electron chi connectivity index (χ4n) is 1.30. The molecule has 0 aliphatic rings. The minimum Gasteiger partial charge on any atom is -0.373 e. The summed E-state index contributed by atoms with van der Waals surface area (Å²) in [4.78, 5) is 20.9. The van der Waals surface area contributed by atoms with Crippen molar-refractivity contribution in [2.45, 2.75) is 6.54 Å². The average molecular weight is 298 g/mol. The Labute approximate surface area is 105 Å². The first kappa shape index (κ1) is 11.5. The van der Waals surface area contributed by atoms with Crippen LogP contribution in [0.15, 0.2) is 29.4 Å². The summed E-state index contributed by atoms with van der Waals surface area (Å²) in [7, 11) is 0. The van der Waals surface area contributed by atoms with Crippen molar-refractivity contribution in [2.75, 3.05) is 5.32 Å². The number of aromatic nitrogens is 3. The Bertz CT molecular complexity index is 528. The molecule has 0 saturated carbocycles. The number of aromatic amines is 1. The van der Waals surface area contributed by atoms with Crippen molar-refractivity contribution in [3.63, 3.8) is 0 Å². The smallest absolute Gasteiger partial charge is 0.311 e. The summed E-state index contributed by atoms with van der Waals surface area (Å²) in [5.41, 5.74) is 1.17. The first-order valence-electron chi connectivity index (χ1n) is 4.67. The molecular formula is C9H8BrN5O2. The number of nitro groups is 1. The lowest BCUT2D eigenvalue weighted by Crippen LogP contribution is -2.04. The zero-order valence-electron chi connectivity index (χ0n) is 8.55. The van der Waals surface area contributed by atoms with Gasteiger partial charge in [0.25, 0.3) is 0 Å². The molecule has 0 saturated heterocycles. The number of nitrogens with one attached hydrogen (secondary N) is 2. The number of halogens is 1. The van der Waals surface area contributed by atoms with Crippen LogP contribution in [0.3, 0.4) is 0 Å². The summed E-state index contributed by atoms with van der Waals surface area (Å²) in [5.74, 6) is 0. The third-order valence-corrected chi connectivity index (χ3v) is 2.69. The van der Waals surface area contributed by atoms with Crippen molar-refractivity contribution in [1.29, 1.82) is 0 Å². The second kappa shape index (κ2) is 4.91. The van der Waals surface area contributed by atoms with E-state index in [1.807, 2.05) is 0 Å². The van der Waals surface area contributed by atoms with Gasteiger partial charge < -0.3 is 10.3 Å². The van der Waals surface area contributed by atoms with Gasteiger partial charge in [-0.1, -0.05) is 0 Å². The number of imidazole rings is 1. The first-order valence-corrected chi connectivity index (χ1v) is 5.47. The molecule has 0 aliphatic carbocycles. The molecule has 88 valence electrons. The molecule has 0 bridgehead atoms. The molecule has 0 atom stereocenters. The molecule has 0 amide bonds. The highest BCUT2D eigenvalue weighted by Crippen LogP contribution is 2.31. The molecule has 0 radical (unpaired) electrons. The van der Waals surface area contributed by atoms with Crippen molar-refractivity contribution in [2.24, 2.45) is 0 Å². The summed E-state index contributed by atoms with van der Waals surface area (Å²) >= 11 is 3.22. The summed E-state index contributed by atoms with van der Waals surface area (Å²) in [6.07, 6.45) is 5.91. The highest BCUT2D eigenvalue weighted by molar-refractivity contribution is 9.10. The van der Waals surface area contributed by atoms with Crippen LogP contribution in [0.4, 0.5) is 11.4 Å². The van der Waals surface area contributed by atoms with Crippen molar-refractivity contribution in [3.8, 4) is 0 Å². The Morgan fingerprint density at radius 1 is 1.41 bits per heavy atom. The second-order valence-electron chi connectivity index (χ2n) is 3.20. The Morgan fingerprint density at radius 3 is 2.88 bits per heavy atom. The van der Waals surface area contributed by atoms with E-state index in [4.69, 9.17) is 0 Å². The lowest BCUT2D eigenvalue weighted by molar-refractivity contribution is -0.384. The highest BCUT2D eigenvalue weighted by Gasteiger charge is 2.16. The molecule has 8 heteroatoms. The van der Waals surface area contributed by atoms with Gasteiger partial charge in [-0.2, -0.15) is 0 Å². The fourth-order valence-corrected chi connectivity index (χ4v) is 1.76. The maximum atomic E-state index is 10.8. The number of rotatable bonds is 4. The number of hydrogen-bond acceptors (Lipinski definition) is 5. The van der Waals surface area contributed by atoms with E-state index in [0.29, 0.717) is 16.7 Å². The predicted molar refractivity (Wildman–Crippen MR) is 64.5 cm³/mol. The molecular weight excluding hydrogens is 290 g/mol. The molecule has 0 aromatic carbocycles. The van der Waals surface area contributed by atoms with Crippen LogP contribution in [0.2, 0.25) is 0 Å². The van der Waals surface area contributed by atoms with E-state index in [2.05, 4.69) is 36.2 Å². The quantitative estimate of drug-likeness (QED) is 0.665. The van der Waals surface area contributed by atoms with Gasteiger partial charge in [0.2, 0.25) is 0 Å². The van der Waals surface area contributed by atoms with Gasteiger partial charge in [-0.25, -0.2) is 4.98 Å². The Kier molecular flexibility index (Phi) is 3.33. The van der Waals surface area contributed by atoms with Crippen LogP contribution in [0, 0.1) is 10.1 Å². The van der Waals surface area contributed by atoms with Crippen molar-refractivity contribution in [1.82, 2.24) is 15.0 Å². The fraction of sp³-hybridized carbons (Fsp3) is 0.111. The largest absolute Gasteiger partial charge is 0.373 e. The van der Waals surface area contributed by atoms with Gasteiger partial charge >= 0.3 is 5.69 Å². The highest BCUT2D eigenvalue weighted by atomic mass is 79.9. The number of nitrogens with zero attached hydrogens (tertiary/aromatic N) is 3. The van der Waals surface area contributed by atoms with Gasteiger partial charge in [0.15, 0.2) is 0 Å². The van der Waals surface area contributed by atoms with E-state index in [9.17, 15) is 10.1 Å². The maximum Gasteiger partial charge on any atom is 0.311 e. The van der Waals surface area contributed by atoms with Crippen LogP contribution in [-0.4, -0.2) is 19.9 Å². The van der Waals surface area contributed by atoms with Gasteiger partial charge in [0, 0.05) is 12.4 Å². The Balaban J connectivity index is 2.22. The maximum absolute atomic E-state index is 10.8.